The maximum atomic E-state index is 11.8. The summed E-state index contributed by atoms with van der Waals surface area (Å²) in [6.07, 6.45) is -4.54. The molecule has 0 saturated carbocycles. The molecular weight excluding hydrogens is 303 g/mol. The molecule has 0 amide bonds. The first-order chi connectivity index (χ1) is 7.72. The van der Waals surface area contributed by atoms with Crippen molar-refractivity contribution in [1.82, 2.24) is 4.90 Å². The van der Waals surface area contributed by atoms with Gasteiger partial charge in [0, 0.05) is 25.0 Å². The van der Waals surface area contributed by atoms with E-state index in [0.29, 0.717) is 18.4 Å². The van der Waals surface area contributed by atoms with E-state index in [2.05, 4.69) is 20.7 Å². The van der Waals surface area contributed by atoms with E-state index in [1.165, 1.54) is 0 Å². The van der Waals surface area contributed by atoms with Gasteiger partial charge in [0.25, 0.3) is 0 Å². The zero-order chi connectivity index (χ0) is 13.1. The van der Waals surface area contributed by atoms with E-state index in [1.807, 2.05) is 18.7 Å². The molecule has 0 aromatic heterocycles. The molecule has 0 radical (unpaired) electrons. The van der Waals surface area contributed by atoms with E-state index in [0.717, 1.165) is 0 Å². The lowest BCUT2D eigenvalue weighted by Gasteiger charge is -2.42. The van der Waals surface area contributed by atoms with Crippen molar-refractivity contribution in [1.29, 1.82) is 0 Å². The first kappa shape index (κ1) is 15.2. The minimum Gasteiger partial charge on any atom is -0.369 e. The van der Waals surface area contributed by atoms with Gasteiger partial charge in [-0.05, 0) is 13.8 Å². The predicted molar refractivity (Wildman–Crippen MR) is 61.2 cm³/mol. The summed E-state index contributed by atoms with van der Waals surface area (Å²) < 4.78 is 45.0. The maximum absolute atomic E-state index is 11.8. The third kappa shape index (κ3) is 6.03. The van der Waals surface area contributed by atoms with E-state index >= 15 is 0 Å². The fraction of sp³-hybridized carbons (Fsp3) is 1.00. The van der Waals surface area contributed by atoms with Crippen molar-refractivity contribution in [2.75, 3.05) is 31.6 Å². The fourth-order valence-corrected chi connectivity index (χ4v) is 2.29. The molecule has 1 heterocycles. The van der Waals surface area contributed by atoms with Crippen molar-refractivity contribution >= 4 is 15.9 Å². The minimum absolute atomic E-state index is 0.00429. The van der Waals surface area contributed by atoms with Gasteiger partial charge in [0.05, 0.1) is 18.3 Å². The molecule has 0 bridgehead atoms. The quantitative estimate of drug-likeness (QED) is 0.743. The van der Waals surface area contributed by atoms with Gasteiger partial charge in [-0.25, -0.2) is 0 Å². The standard InChI is InChI=1S/C10H17BrF3NO2/c1-9(2)7-15(6-8(5-11)17-9)3-4-16-10(12,13)14/h8H,3-7H2,1-2H3. The zero-order valence-corrected chi connectivity index (χ0v) is 11.5. The third-order valence-electron chi connectivity index (χ3n) is 2.40. The average molecular weight is 320 g/mol. The molecule has 17 heavy (non-hydrogen) atoms. The minimum atomic E-state index is -4.55. The SMILES string of the molecule is CC1(C)CN(CCOC(F)(F)F)CC(CBr)O1. The summed E-state index contributed by atoms with van der Waals surface area (Å²) in [5.74, 6) is 0. The first-order valence-electron chi connectivity index (χ1n) is 5.39. The van der Waals surface area contributed by atoms with E-state index in [-0.39, 0.29) is 24.9 Å². The van der Waals surface area contributed by atoms with Crippen LogP contribution in [-0.4, -0.2) is 54.5 Å². The molecule has 0 N–H and O–H groups in total. The van der Waals surface area contributed by atoms with Crippen LogP contribution in [0.15, 0.2) is 0 Å². The van der Waals surface area contributed by atoms with Crippen molar-refractivity contribution in [2.24, 2.45) is 0 Å². The van der Waals surface area contributed by atoms with Crippen LogP contribution in [0, 0.1) is 0 Å². The number of rotatable bonds is 4. The second-order valence-corrected chi connectivity index (χ2v) is 5.33. The molecule has 1 aliphatic heterocycles. The van der Waals surface area contributed by atoms with Crippen molar-refractivity contribution < 1.29 is 22.6 Å². The second-order valence-electron chi connectivity index (χ2n) is 4.68. The Morgan fingerprint density at radius 2 is 2.12 bits per heavy atom. The topological polar surface area (TPSA) is 21.7 Å². The van der Waals surface area contributed by atoms with Crippen molar-refractivity contribution in [2.45, 2.75) is 31.9 Å². The highest BCUT2D eigenvalue weighted by Crippen LogP contribution is 2.22. The molecule has 3 nitrogen and oxygen atoms in total. The molecule has 1 rings (SSSR count). The lowest BCUT2D eigenvalue weighted by Crippen LogP contribution is -2.54. The van der Waals surface area contributed by atoms with Gasteiger partial charge in [-0.2, -0.15) is 0 Å². The Morgan fingerprint density at radius 1 is 1.47 bits per heavy atom. The van der Waals surface area contributed by atoms with Gasteiger partial charge in [-0.15, -0.1) is 13.2 Å². The molecular formula is C10H17BrF3NO2. The number of halogens is 4. The smallest absolute Gasteiger partial charge is 0.369 e. The number of ether oxygens (including phenoxy) is 2. The lowest BCUT2D eigenvalue weighted by molar-refractivity contribution is -0.325. The van der Waals surface area contributed by atoms with Crippen LogP contribution in [0.3, 0.4) is 0 Å². The van der Waals surface area contributed by atoms with Crippen molar-refractivity contribution in [3.63, 3.8) is 0 Å². The number of hydrogen-bond donors (Lipinski definition) is 0. The van der Waals surface area contributed by atoms with Crippen LogP contribution in [0.2, 0.25) is 0 Å². The highest BCUT2D eigenvalue weighted by molar-refractivity contribution is 9.09. The Bertz CT molecular complexity index is 248. The zero-order valence-electron chi connectivity index (χ0n) is 9.89. The van der Waals surface area contributed by atoms with Crippen LogP contribution in [0.5, 0.6) is 0 Å². The van der Waals surface area contributed by atoms with E-state index in [4.69, 9.17) is 4.74 Å². The second kappa shape index (κ2) is 5.86. The largest absolute Gasteiger partial charge is 0.522 e. The first-order valence-corrected chi connectivity index (χ1v) is 6.51. The molecule has 1 unspecified atom stereocenters. The monoisotopic (exact) mass is 319 g/mol. The summed E-state index contributed by atoms with van der Waals surface area (Å²) in [5.41, 5.74) is -0.338. The molecule has 1 fully saturated rings. The molecule has 1 saturated heterocycles. The summed E-state index contributed by atoms with van der Waals surface area (Å²) in [4.78, 5) is 1.93. The summed E-state index contributed by atoms with van der Waals surface area (Å²) in [5, 5.41) is 0.674. The Kier molecular flexibility index (Phi) is 5.24. The van der Waals surface area contributed by atoms with E-state index in [9.17, 15) is 13.2 Å². The molecule has 7 heteroatoms. The fourth-order valence-electron chi connectivity index (χ4n) is 1.96. The Labute approximate surface area is 107 Å². The summed E-state index contributed by atoms with van der Waals surface area (Å²) in [6, 6.07) is 0. The molecule has 0 spiro atoms. The number of alkyl halides is 4. The summed E-state index contributed by atoms with van der Waals surface area (Å²) in [6.45, 7) is 5.01. The lowest BCUT2D eigenvalue weighted by atomic mass is 10.1. The van der Waals surface area contributed by atoms with Gasteiger partial charge in [0.2, 0.25) is 0 Å². The van der Waals surface area contributed by atoms with E-state index < -0.39 is 6.36 Å². The molecule has 102 valence electrons. The van der Waals surface area contributed by atoms with Crippen molar-refractivity contribution in [3.8, 4) is 0 Å². The summed E-state index contributed by atoms with van der Waals surface area (Å²) in [7, 11) is 0. The van der Waals surface area contributed by atoms with Crippen LogP contribution in [-0.2, 0) is 9.47 Å². The third-order valence-corrected chi connectivity index (χ3v) is 3.12. The van der Waals surface area contributed by atoms with Crippen LogP contribution in [0.1, 0.15) is 13.8 Å². The highest BCUT2D eigenvalue weighted by Gasteiger charge is 2.34. The average Bonchev–Trinajstić information content (AvgIpc) is 2.13. The number of morpholine rings is 1. The predicted octanol–water partition coefficient (Wildman–Crippen LogP) is 2.40. The summed E-state index contributed by atoms with van der Waals surface area (Å²) >= 11 is 3.33. The van der Waals surface area contributed by atoms with Crippen LogP contribution < -0.4 is 0 Å². The van der Waals surface area contributed by atoms with Crippen molar-refractivity contribution in [3.05, 3.63) is 0 Å². The van der Waals surface area contributed by atoms with Gasteiger partial charge in [0.1, 0.15) is 0 Å². The molecule has 0 aliphatic carbocycles. The van der Waals surface area contributed by atoms with Gasteiger partial charge >= 0.3 is 6.36 Å². The number of nitrogens with zero attached hydrogens (tertiary/aromatic N) is 1. The molecule has 0 aromatic carbocycles. The van der Waals surface area contributed by atoms with Crippen LogP contribution >= 0.6 is 15.9 Å². The number of hydrogen-bond acceptors (Lipinski definition) is 3. The maximum Gasteiger partial charge on any atom is 0.522 e. The normalized spacial score (nSPS) is 26.1. The van der Waals surface area contributed by atoms with E-state index in [1.54, 1.807) is 0 Å². The Hall–Kier alpha value is 0.150. The van der Waals surface area contributed by atoms with Crippen LogP contribution in [0.4, 0.5) is 13.2 Å². The van der Waals surface area contributed by atoms with Gasteiger partial charge in [-0.3, -0.25) is 9.64 Å². The van der Waals surface area contributed by atoms with Gasteiger partial charge in [-0.1, -0.05) is 15.9 Å². The Balaban J connectivity index is 2.37. The molecule has 0 aromatic rings. The highest BCUT2D eigenvalue weighted by atomic mass is 79.9. The van der Waals surface area contributed by atoms with Crippen LogP contribution in [0.25, 0.3) is 0 Å². The van der Waals surface area contributed by atoms with Gasteiger partial charge < -0.3 is 4.74 Å². The molecule has 1 atom stereocenters. The molecule has 1 aliphatic rings. The Morgan fingerprint density at radius 3 is 2.65 bits per heavy atom. The van der Waals surface area contributed by atoms with Gasteiger partial charge in [0.15, 0.2) is 0 Å².